The fourth-order valence-electron chi connectivity index (χ4n) is 6.25. The van der Waals surface area contributed by atoms with Crippen LogP contribution in [0.3, 0.4) is 0 Å². The van der Waals surface area contributed by atoms with E-state index in [1.54, 1.807) is 4.90 Å². The number of halogens is 2. The number of allylic oxidation sites excluding steroid dienone is 2. The molecule has 37 heavy (non-hydrogen) atoms. The number of hydrogen-bond donors (Lipinski definition) is 1. The van der Waals surface area contributed by atoms with E-state index in [0.717, 1.165) is 55.8 Å². The van der Waals surface area contributed by atoms with Gasteiger partial charge >= 0.3 is 0 Å². The Balaban J connectivity index is 1.25. The topological polar surface area (TPSA) is 86.0 Å². The fourth-order valence-corrected chi connectivity index (χ4v) is 6.95. The molecule has 2 atom stereocenters. The van der Waals surface area contributed by atoms with E-state index in [9.17, 15) is 9.59 Å². The van der Waals surface area contributed by atoms with Crippen molar-refractivity contribution in [3.8, 4) is 0 Å². The van der Waals surface area contributed by atoms with E-state index in [1.165, 1.54) is 25.9 Å². The summed E-state index contributed by atoms with van der Waals surface area (Å²) in [6.07, 6.45) is 6.02. The molecule has 202 valence electrons. The molecule has 2 N–H and O–H groups in total. The van der Waals surface area contributed by atoms with Crippen molar-refractivity contribution < 1.29 is 9.59 Å². The Kier molecular flexibility index (Phi) is 8.41. The lowest BCUT2D eigenvalue weighted by atomic mass is 9.82. The SMILES string of the molecule is Cc1nc2c(c(C3CCC(Cl)C=C3Cl)c1CN)C(=O)N(CC(=O)N1CCN(CCN3CCCC3)CC1)C2. The summed E-state index contributed by atoms with van der Waals surface area (Å²) in [4.78, 5) is 40.1. The molecule has 1 aromatic heterocycles. The molecule has 10 heteroatoms. The highest BCUT2D eigenvalue weighted by atomic mass is 35.5. The van der Waals surface area contributed by atoms with Gasteiger partial charge in [-0.25, -0.2) is 0 Å². The number of carbonyl (C=O) groups is 2. The van der Waals surface area contributed by atoms with Gasteiger partial charge in [-0.05, 0) is 56.8 Å². The minimum atomic E-state index is -0.151. The van der Waals surface area contributed by atoms with Gasteiger partial charge in [0.1, 0.15) is 6.54 Å². The number of hydrogen-bond acceptors (Lipinski definition) is 6. The molecule has 4 heterocycles. The van der Waals surface area contributed by atoms with Crippen LogP contribution >= 0.6 is 23.2 Å². The summed E-state index contributed by atoms with van der Waals surface area (Å²) in [6.45, 7) is 10.4. The third kappa shape index (κ3) is 5.69. The molecule has 2 amide bonds. The summed E-state index contributed by atoms with van der Waals surface area (Å²) < 4.78 is 0. The van der Waals surface area contributed by atoms with Crippen LogP contribution in [0.25, 0.3) is 0 Å². The van der Waals surface area contributed by atoms with Gasteiger partial charge in [0, 0.05) is 62.5 Å². The molecule has 0 spiro atoms. The zero-order valence-corrected chi connectivity index (χ0v) is 23.2. The summed E-state index contributed by atoms with van der Waals surface area (Å²) in [5.74, 6) is -0.278. The zero-order valence-electron chi connectivity index (χ0n) is 21.7. The van der Waals surface area contributed by atoms with E-state index in [-0.39, 0.29) is 36.2 Å². The maximum absolute atomic E-state index is 13.7. The lowest BCUT2D eigenvalue weighted by Gasteiger charge is -2.36. The first-order chi connectivity index (χ1) is 17.9. The molecule has 4 aliphatic rings. The van der Waals surface area contributed by atoms with Crippen LogP contribution in [0.1, 0.15) is 64.5 Å². The van der Waals surface area contributed by atoms with Crippen LogP contribution in [-0.4, -0.2) is 101 Å². The number of likely N-dealkylation sites (tertiary alicyclic amines) is 1. The van der Waals surface area contributed by atoms with Gasteiger partial charge in [-0.15, -0.1) is 11.6 Å². The fraction of sp³-hybridized carbons (Fsp3) is 0.667. The average Bonchev–Trinajstić information content (AvgIpc) is 3.50. The molecule has 0 saturated carbocycles. The summed E-state index contributed by atoms with van der Waals surface area (Å²) in [7, 11) is 0. The van der Waals surface area contributed by atoms with Crippen LogP contribution in [0.5, 0.6) is 0 Å². The van der Waals surface area contributed by atoms with Crippen molar-refractivity contribution in [2.75, 3.05) is 58.9 Å². The first-order valence-corrected chi connectivity index (χ1v) is 14.4. The quantitative estimate of drug-likeness (QED) is 0.527. The molecular weight excluding hydrogens is 511 g/mol. The Morgan fingerprint density at radius 3 is 2.41 bits per heavy atom. The molecule has 0 aromatic carbocycles. The largest absolute Gasteiger partial charge is 0.339 e. The standard InChI is InChI=1S/C27H38Cl2N6O2/c1-18-21(15-30)25(20-5-4-19(28)14-22(20)29)26-23(31-18)16-35(27(26)37)17-24(36)34-12-10-33(11-13-34)9-8-32-6-2-3-7-32/h14,19-20H,2-13,15-17,30H2,1H3. The van der Waals surface area contributed by atoms with Gasteiger partial charge in [-0.1, -0.05) is 17.7 Å². The number of aromatic nitrogens is 1. The Hall–Kier alpha value is -1.71. The highest BCUT2D eigenvalue weighted by Gasteiger charge is 2.38. The number of piperazine rings is 1. The zero-order chi connectivity index (χ0) is 26.1. The molecule has 0 bridgehead atoms. The molecule has 2 fully saturated rings. The van der Waals surface area contributed by atoms with Crippen LogP contribution in [0.15, 0.2) is 11.1 Å². The van der Waals surface area contributed by atoms with Crippen molar-refractivity contribution in [1.82, 2.24) is 24.6 Å². The van der Waals surface area contributed by atoms with Gasteiger partial charge in [-0.2, -0.15) is 0 Å². The van der Waals surface area contributed by atoms with Crippen LogP contribution in [0.2, 0.25) is 0 Å². The van der Waals surface area contributed by atoms with E-state index in [4.69, 9.17) is 33.9 Å². The maximum atomic E-state index is 13.7. The molecule has 8 nitrogen and oxygen atoms in total. The van der Waals surface area contributed by atoms with Crippen molar-refractivity contribution in [3.05, 3.63) is 39.2 Å². The number of amides is 2. The second-order valence-electron chi connectivity index (χ2n) is 10.7. The summed E-state index contributed by atoms with van der Waals surface area (Å²) >= 11 is 13.0. The molecule has 1 aromatic rings. The smallest absolute Gasteiger partial charge is 0.256 e. The van der Waals surface area contributed by atoms with Crippen LogP contribution in [0.4, 0.5) is 0 Å². The number of nitrogens with zero attached hydrogens (tertiary/aromatic N) is 5. The summed E-state index contributed by atoms with van der Waals surface area (Å²) in [5.41, 5.74) is 9.99. The number of nitrogens with two attached hydrogens (primary N) is 1. The summed E-state index contributed by atoms with van der Waals surface area (Å²) in [5, 5.41) is 0.547. The molecular formula is C27H38Cl2N6O2. The minimum Gasteiger partial charge on any atom is -0.339 e. The Labute approximate surface area is 229 Å². The van der Waals surface area contributed by atoms with Crippen molar-refractivity contribution in [3.63, 3.8) is 0 Å². The van der Waals surface area contributed by atoms with E-state index < -0.39 is 0 Å². The minimum absolute atomic E-state index is 0.00162. The van der Waals surface area contributed by atoms with Gasteiger partial charge in [0.05, 0.1) is 23.2 Å². The third-order valence-corrected chi connectivity index (χ3v) is 9.14. The van der Waals surface area contributed by atoms with Gasteiger partial charge < -0.3 is 20.4 Å². The van der Waals surface area contributed by atoms with Crippen molar-refractivity contribution in [2.24, 2.45) is 5.73 Å². The lowest BCUT2D eigenvalue weighted by molar-refractivity contribution is -0.133. The molecule has 0 radical (unpaired) electrons. The number of rotatable bonds is 7. The summed E-state index contributed by atoms with van der Waals surface area (Å²) in [6, 6.07) is 0. The molecule has 3 aliphatic heterocycles. The number of fused-ring (bicyclic) bond motifs is 1. The highest BCUT2D eigenvalue weighted by molar-refractivity contribution is 6.32. The Morgan fingerprint density at radius 2 is 1.76 bits per heavy atom. The predicted molar refractivity (Wildman–Crippen MR) is 146 cm³/mol. The second-order valence-corrected chi connectivity index (χ2v) is 11.7. The highest BCUT2D eigenvalue weighted by Crippen LogP contribution is 2.43. The molecule has 2 saturated heterocycles. The monoisotopic (exact) mass is 548 g/mol. The number of alkyl halides is 1. The first-order valence-electron chi connectivity index (χ1n) is 13.6. The van der Waals surface area contributed by atoms with Crippen LogP contribution < -0.4 is 5.73 Å². The third-order valence-electron chi connectivity index (χ3n) is 8.40. The van der Waals surface area contributed by atoms with Gasteiger partial charge in [0.2, 0.25) is 5.91 Å². The van der Waals surface area contributed by atoms with E-state index in [0.29, 0.717) is 35.9 Å². The molecule has 1 aliphatic carbocycles. The van der Waals surface area contributed by atoms with E-state index in [1.807, 2.05) is 17.9 Å². The number of carbonyl (C=O) groups excluding carboxylic acids is 2. The van der Waals surface area contributed by atoms with Crippen LogP contribution in [0, 0.1) is 6.92 Å². The van der Waals surface area contributed by atoms with Gasteiger partial charge in [0.25, 0.3) is 5.91 Å². The average molecular weight is 550 g/mol. The lowest BCUT2D eigenvalue weighted by Crippen LogP contribution is -2.52. The Bertz CT molecular complexity index is 1070. The van der Waals surface area contributed by atoms with E-state index in [2.05, 4.69) is 9.80 Å². The molecule has 2 unspecified atom stereocenters. The first kappa shape index (κ1) is 26.9. The number of pyridine rings is 1. The van der Waals surface area contributed by atoms with Crippen molar-refractivity contribution in [1.29, 1.82) is 0 Å². The number of aryl methyl sites for hydroxylation is 1. The second kappa shape index (κ2) is 11.6. The molecule has 5 rings (SSSR count). The van der Waals surface area contributed by atoms with Crippen molar-refractivity contribution in [2.45, 2.75) is 57.0 Å². The van der Waals surface area contributed by atoms with Crippen molar-refractivity contribution >= 4 is 35.0 Å². The van der Waals surface area contributed by atoms with Gasteiger partial charge in [-0.3, -0.25) is 19.5 Å². The maximum Gasteiger partial charge on any atom is 0.256 e. The van der Waals surface area contributed by atoms with E-state index >= 15 is 0 Å². The van der Waals surface area contributed by atoms with Crippen LogP contribution in [-0.2, 0) is 17.9 Å². The van der Waals surface area contributed by atoms with Gasteiger partial charge in [0.15, 0.2) is 0 Å². The normalized spacial score (nSPS) is 25.1. The Morgan fingerprint density at radius 1 is 1.08 bits per heavy atom. The predicted octanol–water partition coefficient (Wildman–Crippen LogP) is 2.65.